The molecule has 1 atom stereocenters. The van der Waals surface area contributed by atoms with Gasteiger partial charge in [0.15, 0.2) is 34.6 Å². The zero-order valence-electron chi connectivity index (χ0n) is 18.8. The Morgan fingerprint density at radius 2 is 2.00 bits per heavy atom. The molecule has 2 aromatic carbocycles. The molecule has 0 amide bonds. The number of benzene rings is 2. The molecule has 5 aromatic rings. The number of aromatic amines is 1. The number of fused-ring (bicyclic) bond motifs is 4. The van der Waals surface area contributed by atoms with Crippen LogP contribution in [0.2, 0.25) is 0 Å². The Bertz CT molecular complexity index is 1770. The summed E-state index contributed by atoms with van der Waals surface area (Å²) >= 11 is 0. The highest BCUT2D eigenvalue weighted by Crippen LogP contribution is 2.35. The normalized spacial score (nSPS) is 14.8. The first-order valence-corrected chi connectivity index (χ1v) is 10.9. The average Bonchev–Trinajstić information content (AvgIpc) is 3.28. The Hall–Kier alpha value is -5.01. The summed E-state index contributed by atoms with van der Waals surface area (Å²) in [5.41, 5.74) is 10.5. The molecule has 1 aliphatic heterocycles. The Balaban J connectivity index is 1.39. The average molecular weight is 510 g/mol. The van der Waals surface area contributed by atoms with Gasteiger partial charge in [-0.2, -0.15) is 10.1 Å². The van der Waals surface area contributed by atoms with Crippen molar-refractivity contribution in [1.29, 1.82) is 0 Å². The second-order valence-electron chi connectivity index (χ2n) is 8.26. The molecular weight excluding hydrogens is 493 g/mol. The van der Waals surface area contributed by atoms with Crippen molar-refractivity contribution in [1.82, 2.24) is 24.7 Å². The smallest absolute Gasteiger partial charge is 0.270 e. The Morgan fingerprint density at radius 1 is 1.16 bits per heavy atom. The van der Waals surface area contributed by atoms with E-state index in [-0.39, 0.29) is 58.6 Å². The van der Waals surface area contributed by atoms with Crippen LogP contribution in [0.5, 0.6) is 11.5 Å². The number of nitrogens with one attached hydrogen (secondary N) is 2. The molecule has 0 bridgehead atoms. The van der Waals surface area contributed by atoms with Crippen molar-refractivity contribution in [2.75, 3.05) is 29.9 Å². The minimum atomic E-state index is -1.24. The van der Waals surface area contributed by atoms with Gasteiger partial charge in [0.2, 0.25) is 5.95 Å². The maximum Gasteiger partial charge on any atom is 0.270 e. The standard InChI is InChI=1S/C23H17F3N8O3/c24-11-2-1-3-14(18(11)26)34-21-10(19-17(22(34)35)20(28)33-32-19)7-30-23(31-21)29-6-9-8-36-15-5-13(27)12(25)4-16(15)37-9/h1-5,7,9H,6,8,27H2,(H3,28,32,33)(H,29,30,31)/t9-/m0/s1. The summed E-state index contributed by atoms with van der Waals surface area (Å²) in [6.45, 7) is 0.265. The third-order valence-electron chi connectivity index (χ3n) is 5.90. The van der Waals surface area contributed by atoms with E-state index >= 15 is 0 Å². The van der Waals surface area contributed by atoms with Gasteiger partial charge in [-0.25, -0.2) is 18.2 Å². The Kier molecular flexibility index (Phi) is 5.03. The first kappa shape index (κ1) is 22.5. The number of halogens is 3. The van der Waals surface area contributed by atoms with Crippen LogP contribution in [0.1, 0.15) is 0 Å². The number of hydrogen-bond acceptors (Lipinski definition) is 9. The molecule has 0 fully saturated rings. The predicted molar refractivity (Wildman–Crippen MR) is 128 cm³/mol. The zero-order valence-corrected chi connectivity index (χ0v) is 18.8. The van der Waals surface area contributed by atoms with E-state index in [1.807, 2.05) is 0 Å². The zero-order chi connectivity index (χ0) is 25.8. The van der Waals surface area contributed by atoms with Gasteiger partial charge in [0.1, 0.15) is 23.9 Å². The highest BCUT2D eigenvalue weighted by molar-refractivity contribution is 6.05. The molecule has 188 valence electrons. The molecule has 0 unspecified atom stereocenters. The number of rotatable bonds is 4. The van der Waals surface area contributed by atoms with Crippen molar-refractivity contribution >= 4 is 39.4 Å². The number of anilines is 3. The van der Waals surface area contributed by atoms with Crippen molar-refractivity contribution in [3.8, 4) is 17.2 Å². The molecule has 1 aliphatic rings. The minimum absolute atomic E-state index is 0.0141. The second-order valence-corrected chi connectivity index (χ2v) is 8.26. The molecule has 14 heteroatoms. The van der Waals surface area contributed by atoms with Crippen LogP contribution in [0.4, 0.5) is 30.6 Å². The van der Waals surface area contributed by atoms with Gasteiger partial charge in [-0.3, -0.25) is 14.5 Å². The molecule has 0 aliphatic carbocycles. The molecule has 4 heterocycles. The van der Waals surface area contributed by atoms with Gasteiger partial charge < -0.3 is 26.3 Å². The summed E-state index contributed by atoms with van der Waals surface area (Å²) in [5, 5.41) is 9.78. The number of nitrogen functional groups attached to an aromatic ring is 2. The first-order chi connectivity index (χ1) is 17.8. The highest BCUT2D eigenvalue weighted by Gasteiger charge is 2.24. The van der Waals surface area contributed by atoms with Gasteiger partial charge in [0, 0.05) is 18.3 Å². The van der Waals surface area contributed by atoms with Crippen molar-refractivity contribution in [3.63, 3.8) is 0 Å². The van der Waals surface area contributed by atoms with Gasteiger partial charge in [0.05, 0.1) is 28.8 Å². The molecule has 6 rings (SSSR count). The number of nitrogens with two attached hydrogens (primary N) is 2. The van der Waals surface area contributed by atoms with E-state index in [0.717, 1.165) is 16.7 Å². The molecule has 0 spiro atoms. The maximum absolute atomic E-state index is 14.8. The Labute approximate surface area is 204 Å². The van der Waals surface area contributed by atoms with E-state index < -0.39 is 29.1 Å². The molecule has 6 N–H and O–H groups in total. The third-order valence-corrected chi connectivity index (χ3v) is 5.90. The maximum atomic E-state index is 14.8. The van der Waals surface area contributed by atoms with Gasteiger partial charge in [0.25, 0.3) is 5.56 Å². The number of pyridine rings is 1. The van der Waals surface area contributed by atoms with Crippen LogP contribution in [0.15, 0.2) is 41.3 Å². The van der Waals surface area contributed by atoms with E-state index in [9.17, 15) is 18.0 Å². The van der Waals surface area contributed by atoms with E-state index in [0.29, 0.717) is 11.1 Å². The lowest BCUT2D eigenvalue weighted by atomic mass is 10.2. The minimum Gasteiger partial charge on any atom is -0.486 e. The molecule has 0 saturated heterocycles. The summed E-state index contributed by atoms with van der Waals surface area (Å²) in [6, 6.07) is 5.92. The molecule has 37 heavy (non-hydrogen) atoms. The summed E-state index contributed by atoms with van der Waals surface area (Å²) in [7, 11) is 0. The highest BCUT2D eigenvalue weighted by atomic mass is 19.2. The second kappa shape index (κ2) is 8.29. The van der Waals surface area contributed by atoms with E-state index in [1.54, 1.807) is 0 Å². The van der Waals surface area contributed by atoms with Crippen LogP contribution in [0, 0.1) is 17.5 Å². The van der Waals surface area contributed by atoms with Crippen LogP contribution in [0.3, 0.4) is 0 Å². The topological polar surface area (TPSA) is 159 Å². The van der Waals surface area contributed by atoms with E-state index in [1.165, 1.54) is 24.4 Å². The van der Waals surface area contributed by atoms with Crippen LogP contribution in [0.25, 0.3) is 27.6 Å². The SMILES string of the molecule is Nc1cc2c(cc1F)O[C@@H](CNc1ncc3c4[nH]nc(N)c4c(=O)n(-c4cccc(F)c4F)c3n1)CO2. The fourth-order valence-corrected chi connectivity index (χ4v) is 4.13. The van der Waals surface area contributed by atoms with E-state index in [2.05, 4.69) is 25.5 Å². The lowest BCUT2D eigenvalue weighted by molar-refractivity contribution is 0.0992. The van der Waals surface area contributed by atoms with Crippen molar-refractivity contribution in [2.24, 2.45) is 0 Å². The van der Waals surface area contributed by atoms with Crippen LogP contribution < -0.4 is 31.8 Å². The largest absolute Gasteiger partial charge is 0.486 e. The van der Waals surface area contributed by atoms with Gasteiger partial charge in [-0.15, -0.1) is 0 Å². The summed E-state index contributed by atoms with van der Waals surface area (Å²) < 4.78 is 54.9. The van der Waals surface area contributed by atoms with Gasteiger partial charge in [-0.1, -0.05) is 6.07 Å². The number of aromatic nitrogens is 5. The third kappa shape index (κ3) is 3.61. The number of H-pyrrole nitrogens is 1. The van der Waals surface area contributed by atoms with E-state index in [4.69, 9.17) is 20.9 Å². The van der Waals surface area contributed by atoms with Crippen molar-refractivity contribution in [2.45, 2.75) is 6.10 Å². The quantitative estimate of drug-likeness (QED) is 0.267. The molecule has 0 saturated carbocycles. The Morgan fingerprint density at radius 3 is 2.84 bits per heavy atom. The lowest BCUT2D eigenvalue weighted by Crippen LogP contribution is -2.35. The van der Waals surface area contributed by atoms with Crippen LogP contribution in [-0.2, 0) is 0 Å². The lowest BCUT2D eigenvalue weighted by Gasteiger charge is -2.27. The summed E-state index contributed by atoms with van der Waals surface area (Å²) in [6.07, 6.45) is 0.844. The summed E-state index contributed by atoms with van der Waals surface area (Å²) in [5.74, 6) is -2.55. The molecule has 11 nitrogen and oxygen atoms in total. The fraction of sp³-hybridized carbons (Fsp3) is 0.130. The number of hydrogen-bond donors (Lipinski definition) is 4. The summed E-state index contributed by atoms with van der Waals surface area (Å²) in [4.78, 5) is 22.0. The fourth-order valence-electron chi connectivity index (χ4n) is 4.13. The first-order valence-electron chi connectivity index (χ1n) is 10.9. The van der Waals surface area contributed by atoms with Gasteiger partial charge >= 0.3 is 0 Å². The van der Waals surface area contributed by atoms with Crippen molar-refractivity contribution in [3.05, 3.63) is 64.3 Å². The van der Waals surface area contributed by atoms with Crippen LogP contribution >= 0.6 is 0 Å². The predicted octanol–water partition coefficient (Wildman–Crippen LogP) is 2.49. The number of ether oxygens (including phenoxy) is 2. The molecule has 3 aromatic heterocycles. The number of nitrogens with zero attached hydrogens (tertiary/aromatic N) is 4. The monoisotopic (exact) mass is 510 g/mol. The van der Waals surface area contributed by atoms with Crippen molar-refractivity contribution < 1.29 is 22.6 Å². The van der Waals surface area contributed by atoms with Gasteiger partial charge in [-0.05, 0) is 12.1 Å². The molecular formula is C23H17F3N8O3. The van der Waals surface area contributed by atoms with Crippen LogP contribution in [-0.4, -0.2) is 44.0 Å². The molecule has 0 radical (unpaired) electrons.